The molecule has 1 saturated heterocycles. The summed E-state index contributed by atoms with van der Waals surface area (Å²) < 4.78 is 12.2. The minimum atomic E-state index is -0.727. The van der Waals surface area contributed by atoms with Crippen LogP contribution < -0.4 is 16.4 Å². The summed E-state index contributed by atoms with van der Waals surface area (Å²) >= 11 is 6.51. The number of carbonyl (C=O) groups is 1. The maximum absolute atomic E-state index is 12.5. The zero-order valence-electron chi connectivity index (χ0n) is 17.6. The van der Waals surface area contributed by atoms with Crippen molar-refractivity contribution in [3.05, 3.63) is 57.5 Å². The van der Waals surface area contributed by atoms with E-state index in [1.807, 2.05) is 30.3 Å². The van der Waals surface area contributed by atoms with Gasteiger partial charge in [0, 0.05) is 31.6 Å². The van der Waals surface area contributed by atoms with Gasteiger partial charge < -0.3 is 19.8 Å². The summed E-state index contributed by atoms with van der Waals surface area (Å²) in [6.45, 7) is 1.73. The van der Waals surface area contributed by atoms with E-state index < -0.39 is 17.9 Å². The highest BCUT2D eigenvalue weighted by Crippen LogP contribution is 2.28. The van der Waals surface area contributed by atoms with Crippen LogP contribution in [0.1, 0.15) is 12.0 Å². The second kappa shape index (κ2) is 9.57. The number of rotatable bonds is 5. The summed E-state index contributed by atoms with van der Waals surface area (Å²) in [7, 11) is 1.65. The molecular formula is C23H23ClN4O4. The van der Waals surface area contributed by atoms with Crippen LogP contribution in [0, 0.1) is 11.3 Å². The Balaban J connectivity index is 1.49. The molecule has 0 radical (unpaired) electrons. The van der Waals surface area contributed by atoms with Crippen LogP contribution >= 0.6 is 11.6 Å². The molecule has 0 unspecified atom stereocenters. The third-order valence-electron chi connectivity index (χ3n) is 5.51. The Morgan fingerprint density at radius 3 is 2.91 bits per heavy atom. The van der Waals surface area contributed by atoms with Gasteiger partial charge in [-0.1, -0.05) is 29.8 Å². The van der Waals surface area contributed by atoms with Crippen LogP contribution in [-0.4, -0.2) is 42.3 Å². The molecule has 1 aromatic heterocycles. The molecule has 9 heteroatoms. The maximum Gasteiger partial charge on any atom is 0.419 e. The van der Waals surface area contributed by atoms with Crippen molar-refractivity contribution in [1.29, 1.82) is 5.26 Å². The van der Waals surface area contributed by atoms with E-state index in [1.165, 1.54) is 4.57 Å². The smallest absolute Gasteiger partial charge is 0.408 e. The predicted molar refractivity (Wildman–Crippen MR) is 120 cm³/mol. The summed E-state index contributed by atoms with van der Waals surface area (Å²) in [6.07, 6.45) is 0.508. The van der Waals surface area contributed by atoms with Gasteiger partial charge >= 0.3 is 5.76 Å². The van der Waals surface area contributed by atoms with Gasteiger partial charge in [-0.25, -0.2) is 4.79 Å². The first-order valence-corrected chi connectivity index (χ1v) is 10.7. The van der Waals surface area contributed by atoms with Gasteiger partial charge in [0.1, 0.15) is 12.1 Å². The quantitative estimate of drug-likeness (QED) is 0.612. The van der Waals surface area contributed by atoms with E-state index in [2.05, 4.69) is 16.7 Å². The van der Waals surface area contributed by atoms with E-state index in [1.54, 1.807) is 13.1 Å². The van der Waals surface area contributed by atoms with Gasteiger partial charge in [0.15, 0.2) is 5.58 Å². The molecule has 0 bridgehead atoms. The monoisotopic (exact) mass is 454 g/mol. The number of nitrogens with zero attached hydrogens (tertiary/aromatic N) is 2. The molecule has 1 fully saturated rings. The minimum Gasteiger partial charge on any atom is -0.408 e. The van der Waals surface area contributed by atoms with E-state index in [-0.39, 0.29) is 12.3 Å². The number of nitrogens with one attached hydrogen (secondary N) is 2. The Bertz CT molecular complexity index is 1240. The first-order valence-electron chi connectivity index (χ1n) is 10.4. The fourth-order valence-electron chi connectivity index (χ4n) is 3.70. The van der Waals surface area contributed by atoms with Gasteiger partial charge in [-0.2, -0.15) is 5.26 Å². The van der Waals surface area contributed by atoms with Crippen LogP contribution in [0.2, 0.25) is 5.02 Å². The number of aryl methyl sites for hydroxylation is 1. The fourth-order valence-corrected chi connectivity index (χ4v) is 3.95. The highest BCUT2D eigenvalue weighted by molar-refractivity contribution is 6.31. The van der Waals surface area contributed by atoms with Crippen molar-refractivity contribution in [1.82, 2.24) is 15.2 Å². The molecule has 2 atom stereocenters. The normalized spacial score (nSPS) is 17.5. The number of hydrogen-bond donors (Lipinski definition) is 2. The molecule has 1 aliphatic rings. The number of oxazole rings is 1. The predicted octanol–water partition coefficient (Wildman–Crippen LogP) is 2.38. The van der Waals surface area contributed by atoms with Gasteiger partial charge in [-0.15, -0.1) is 0 Å². The lowest BCUT2D eigenvalue weighted by Crippen LogP contribution is -2.46. The Labute approximate surface area is 189 Å². The van der Waals surface area contributed by atoms with Gasteiger partial charge in [-0.3, -0.25) is 9.36 Å². The summed E-state index contributed by atoms with van der Waals surface area (Å²) in [5.74, 6) is -0.724. The molecule has 32 heavy (non-hydrogen) atoms. The maximum atomic E-state index is 12.5. The second-order valence-electron chi connectivity index (χ2n) is 7.73. The number of ether oxygens (including phenoxy) is 1. The minimum absolute atomic E-state index is 0.275. The summed E-state index contributed by atoms with van der Waals surface area (Å²) in [5.41, 5.74) is 3.70. The van der Waals surface area contributed by atoms with Gasteiger partial charge in [-0.05, 0) is 47.9 Å². The molecular weight excluding hydrogens is 432 g/mol. The number of carbonyl (C=O) groups excluding carboxylic acids is 1. The lowest BCUT2D eigenvalue weighted by molar-refractivity contribution is -0.132. The van der Waals surface area contributed by atoms with Crippen molar-refractivity contribution in [2.24, 2.45) is 7.05 Å². The Kier molecular flexibility index (Phi) is 6.61. The number of halogens is 1. The molecule has 0 aliphatic carbocycles. The van der Waals surface area contributed by atoms with Crippen LogP contribution in [-0.2, 0) is 23.0 Å². The number of nitriles is 1. The topological polar surface area (TPSA) is 109 Å². The van der Waals surface area contributed by atoms with Crippen LogP contribution in [0.4, 0.5) is 0 Å². The van der Waals surface area contributed by atoms with Gasteiger partial charge in [0.2, 0.25) is 0 Å². The van der Waals surface area contributed by atoms with Crippen LogP contribution in [0.15, 0.2) is 45.6 Å². The first kappa shape index (κ1) is 22.1. The van der Waals surface area contributed by atoms with Gasteiger partial charge in [0.25, 0.3) is 5.91 Å². The molecule has 1 amide bonds. The van der Waals surface area contributed by atoms with E-state index >= 15 is 0 Å². The highest BCUT2D eigenvalue weighted by Gasteiger charge is 2.24. The molecule has 1 aliphatic heterocycles. The van der Waals surface area contributed by atoms with E-state index in [4.69, 9.17) is 20.8 Å². The first-order chi connectivity index (χ1) is 15.5. The zero-order valence-corrected chi connectivity index (χ0v) is 18.3. The van der Waals surface area contributed by atoms with Crippen LogP contribution in [0.3, 0.4) is 0 Å². The SMILES string of the molecule is Cn1c(=O)oc2ccc(-c3ccc(C[C@@H](C#N)NC(=O)[C@@H]4CNCCCO4)c(Cl)c3)cc21. The number of fused-ring (bicyclic) bond motifs is 1. The van der Waals surface area contributed by atoms with E-state index in [0.29, 0.717) is 29.3 Å². The molecule has 0 spiro atoms. The average Bonchev–Trinajstić information content (AvgIpc) is 2.97. The van der Waals surface area contributed by atoms with E-state index in [9.17, 15) is 14.9 Å². The largest absolute Gasteiger partial charge is 0.419 e. The molecule has 166 valence electrons. The van der Waals surface area contributed by atoms with Crippen molar-refractivity contribution in [3.63, 3.8) is 0 Å². The second-order valence-corrected chi connectivity index (χ2v) is 8.13. The van der Waals surface area contributed by atoms with Crippen molar-refractivity contribution in [2.45, 2.75) is 25.0 Å². The van der Waals surface area contributed by atoms with Crippen molar-refractivity contribution in [3.8, 4) is 17.2 Å². The molecule has 0 saturated carbocycles. The molecule has 8 nitrogen and oxygen atoms in total. The highest BCUT2D eigenvalue weighted by atomic mass is 35.5. The number of aromatic nitrogens is 1. The number of benzene rings is 2. The third kappa shape index (κ3) is 4.70. The lowest BCUT2D eigenvalue weighted by atomic mass is 10.0. The van der Waals surface area contributed by atoms with Crippen molar-refractivity contribution in [2.75, 3.05) is 19.7 Å². The Morgan fingerprint density at radius 2 is 2.12 bits per heavy atom. The Morgan fingerprint density at radius 1 is 1.34 bits per heavy atom. The Hall–Kier alpha value is -3.12. The van der Waals surface area contributed by atoms with Crippen LogP contribution in [0.25, 0.3) is 22.2 Å². The standard InChI is InChI=1S/C23H23ClN4O4/c1-28-19-11-15(5-6-20(19)32-23(28)30)14-3-4-16(18(24)10-14)9-17(12-25)27-22(29)21-13-26-7-2-8-31-21/h3-6,10-11,17,21,26H,2,7-9,13H2,1H3,(H,27,29)/t17-,21-/m0/s1. The molecule has 2 N–H and O–H groups in total. The van der Waals surface area contributed by atoms with Crippen molar-refractivity contribution < 1.29 is 13.9 Å². The van der Waals surface area contributed by atoms with Gasteiger partial charge in [0.05, 0.1) is 11.6 Å². The molecule has 4 rings (SSSR count). The summed E-state index contributed by atoms with van der Waals surface area (Å²) in [5, 5.41) is 15.9. The summed E-state index contributed by atoms with van der Waals surface area (Å²) in [4.78, 5) is 24.2. The third-order valence-corrected chi connectivity index (χ3v) is 5.87. The molecule has 2 aromatic carbocycles. The number of hydrogen-bond acceptors (Lipinski definition) is 6. The zero-order chi connectivity index (χ0) is 22.7. The van der Waals surface area contributed by atoms with E-state index in [0.717, 1.165) is 29.7 Å². The molecule has 2 heterocycles. The lowest BCUT2D eigenvalue weighted by Gasteiger charge is -2.18. The van der Waals surface area contributed by atoms with Crippen molar-refractivity contribution >= 4 is 28.6 Å². The average molecular weight is 455 g/mol. The summed E-state index contributed by atoms with van der Waals surface area (Å²) in [6, 6.07) is 12.4. The molecule has 3 aromatic rings. The number of amides is 1. The van der Waals surface area contributed by atoms with Crippen LogP contribution in [0.5, 0.6) is 0 Å². The fraction of sp³-hybridized carbons (Fsp3) is 0.348.